The number of aromatic nitrogens is 3. The first-order valence-corrected chi connectivity index (χ1v) is 10.9. The lowest BCUT2D eigenvalue weighted by atomic mass is 10.2. The van der Waals surface area contributed by atoms with E-state index in [0.29, 0.717) is 12.5 Å². The molecule has 0 N–H and O–H groups in total. The van der Waals surface area contributed by atoms with Gasteiger partial charge in [0.1, 0.15) is 11.5 Å². The Labute approximate surface area is 178 Å². The molecule has 0 atom stereocenters. The van der Waals surface area contributed by atoms with E-state index in [9.17, 15) is 0 Å². The van der Waals surface area contributed by atoms with Gasteiger partial charge >= 0.3 is 0 Å². The smallest absolute Gasteiger partial charge is 0.191 e. The van der Waals surface area contributed by atoms with Gasteiger partial charge in [0, 0.05) is 22.3 Å². The highest BCUT2D eigenvalue weighted by Gasteiger charge is 2.15. The molecular weight excluding hydrogens is 438 g/mol. The summed E-state index contributed by atoms with van der Waals surface area (Å²) in [5.74, 6) is 3.86. The molecule has 148 valence electrons. The lowest BCUT2D eigenvalue weighted by Gasteiger charge is -2.13. The molecule has 28 heavy (non-hydrogen) atoms. The molecule has 0 saturated heterocycles. The lowest BCUT2D eigenvalue weighted by molar-refractivity contribution is 0.343. The minimum Gasteiger partial charge on any atom is -0.497 e. The molecule has 0 aliphatic heterocycles. The summed E-state index contributed by atoms with van der Waals surface area (Å²) in [7, 11) is 1.67. The molecule has 0 amide bonds. The molecule has 5 nitrogen and oxygen atoms in total. The van der Waals surface area contributed by atoms with Crippen LogP contribution in [0.1, 0.15) is 13.8 Å². The molecular formula is C21H24BrN3O2S. The average molecular weight is 462 g/mol. The Morgan fingerprint density at radius 1 is 1.07 bits per heavy atom. The molecule has 0 saturated carbocycles. The minimum atomic E-state index is 0.491. The van der Waals surface area contributed by atoms with Crippen LogP contribution in [0.3, 0.4) is 0 Å². The first-order valence-electron chi connectivity index (χ1n) is 9.15. The van der Waals surface area contributed by atoms with E-state index in [-0.39, 0.29) is 0 Å². The number of nitrogens with zero attached hydrogens (tertiary/aromatic N) is 3. The average Bonchev–Trinajstić information content (AvgIpc) is 3.07. The summed E-state index contributed by atoms with van der Waals surface area (Å²) >= 11 is 5.12. The zero-order valence-corrected chi connectivity index (χ0v) is 18.7. The fourth-order valence-electron chi connectivity index (χ4n) is 2.73. The molecule has 3 aromatic rings. The summed E-state index contributed by atoms with van der Waals surface area (Å²) in [4.78, 5) is 0. The molecule has 1 aromatic heterocycles. The highest BCUT2D eigenvalue weighted by molar-refractivity contribution is 9.10. The fraction of sp³-hybridized carbons (Fsp3) is 0.333. The van der Waals surface area contributed by atoms with Crippen LogP contribution in [-0.4, -0.2) is 34.2 Å². The Morgan fingerprint density at radius 3 is 2.54 bits per heavy atom. The predicted molar refractivity (Wildman–Crippen MR) is 117 cm³/mol. The number of methoxy groups -OCH3 is 1. The normalized spacial score (nSPS) is 11.0. The zero-order valence-electron chi connectivity index (χ0n) is 16.3. The largest absolute Gasteiger partial charge is 0.497 e. The number of ether oxygens (including phenoxy) is 2. The number of rotatable bonds is 9. The Kier molecular flexibility index (Phi) is 7.39. The van der Waals surface area contributed by atoms with Crippen molar-refractivity contribution in [1.82, 2.24) is 14.8 Å². The van der Waals surface area contributed by atoms with Gasteiger partial charge in [0.15, 0.2) is 11.0 Å². The Balaban J connectivity index is 1.68. The van der Waals surface area contributed by atoms with Crippen LogP contribution in [-0.2, 0) is 6.54 Å². The van der Waals surface area contributed by atoms with Crippen molar-refractivity contribution < 1.29 is 9.47 Å². The maximum absolute atomic E-state index is 5.82. The van der Waals surface area contributed by atoms with Gasteiger partial charge in [-0.15, -0.1) is 10.2 Å². The van der Waals surface area contributed by atoms with Crippen LogP contribution in [0.4, 0.5) is 0 Å². The van der Waals surface area contributed by atoms with E-state index in [0.717, 1.165) is 44.8 Å². The highest BCUT2D eigenvalue weighted by Crippen LogP contribution is 2.27. The lowest BCUT2D eigenvalue weighted by Crippen LogP contribution is -2.09. The Morgan fingerprint density at radius 2 is 1.86 bits per heavy atom. The highest BCUT2D eigenvalue weighted by atomic mass is 79.9. The van der Waals surface area contributed by atoms with Crippen LogP contribution in [0, 0.1) is 5.92 Å². The monoisotopic (exact) mass is 461 g/mol. The van der Waals surface area contributed by atoms with Crippen LogP contribution in [0.2, 0.25) is 0 Å². The molecule has 0 aliphatic carbocycles. The van der Waals surface area contributed by atoms with Gasteiger partial charge in [-0.25, -0.2) is 0 Å². The van der Waals surface area contributed by atoms with Gasteiger partial charge in [-0.2, -0.15) is 0 Å². The van der Waals surface area contributed by atoms with E-state index in [2.05, 4.69) is 44.5 Å². The first kappa shape index (κ1) is 20.7. The molecule has 2 aromatic carbocycles. The van der Waals surface area contributed by atoms with Crippen LogP contribution in [0.15, 0.2) is 58.2 Å². The van der Waals surface area contributed by atoms with Gasteiger partial charge in [0.05, 0.1) is 13.7 Å². The third-order valence-electron chi connectivity index (χ3n) is 3.99. The maximum atomic E-state index is 5.82. The van der Waals surface area contributed by atoms with Gasteiger partial charge in [-0.05, 0) is 48.4 Å². The summed E-state index contributed by atoms with van der Waals surface area (Å²) in [5, 5.41) is 9.79. The molecule has 7 heteroatoms. The standard InChI is InChI=1S/C21H24BrN3O2S/c1-15(2)14-25-20(16-7-9-18(26-3)10-8-16)23-24-21(25)28-12-11-27-19-6-4-5-17(22)13-19/h4-10,13,15H,11-12,14H2,1-3H3. The molecule has 0 aliphatic rings. The third-order valence-corrected chi connectivity index (χ3v) is 5.42. The zero-order chi connectivity index (χ0) is 19.9. The first-order chi connectivity index (χ1) is 13.6. The van der Waals surface area contributed by atoms with E-state index in [1.54, 1.807) is 18.9 Å². The van der Waals surface area contributed by atoms with Crippen molar-refractivity contribution in [2.75, 3.05) is 19.5 Å². The number of thioether (sulfide) groups is 1. The Bertz CT molecular complexity index is 897. The number of hydrogen-bond donors (Lipinski definition) is 0. The second-order valence-corrected chi connectivity index (χ2v) is 8.67. The van der Waals surface area contributed by atoms with E-state index in [1.165, 1.54) is 0 Å². The molecule has 1 heterocycles. The summed E-state index contributed by atoms with van der Waals surface area (Å²) in [6.07, 6.45) is 0. The SMILES string of the molecule is COc1ccc(-c2nnc(SCCOc3cccc(Br)c3)n2CC(C)C)cc1. The molecule has 0 fully saturated rings. The van der Waals surface area contributed by atoms with Crippen molar-refractivity contribution in [3.63, 3.8) is 0 Å². The van der Waals surface area contributed by atoms with Gasteiger partial charge < -0.3 is 14.0 Å². The summed E-state index contributed by atoms with van der Waals surface area (Å²) in [5.41, 5.74) is 1.03. The molecule has 0 bridgehead atoms. The fourth-order valence-corrected chi connectivity index (χ4v) is 3.87. The van der Waals surface area contributed by atoms with Crippen molar-refractivity contribution in [3.8, 4) is 22.9 Å². The van der Waals surface area contributed by atoms with E-state index in [4.69, 9.17) is 9.47 Å². The Hall–Kier alpha value is -1.99. The van der Waals surface area contributed by atoms with Crippen molar-refractivity contribution >= 4 is 27.7 Å². The van der Waals surface area contributed by atoms with Gasteiger partial charge in [-0.3, -0.25) is 0 Å². The van der Waals surface area contributed by atoms with Crippen molar-refractivity contribution in [3.05, 3.63) is 53.0 Å². The molecule has 0 radical (unpaired) electrons. The number of halogens is 1. The predicted octanol–water partition coefficient (Wildman–Crippen LogP) is 5.54. The second-order valence-electron chi connectivity index (χ2n) is 6.69. The molecule has 3 rings (SSSR count). The topological polar surface area (TPSA) is 49.2 Å². The minimum absolute atomic E-state index is 0.491. The van der Waals surface area contributed by atoms with Gasteiger partial charge in [0.25, 0.3) is 0 Å². The quantitative estimate of drug-likeness (QED) is 0.309. The van der Waals surface area contributed by atoms with Crippen LogP contribution >= 0.6 is 27.7 Å². The van der Waals surface area contributed by atoms with Crippen LogP contribution < -0.4 is 9.47 Å². The number of hydrogen-bond acceptors (Lipinski definition) is 5. The summed E-state index contributed by atoms with van der Waals surface area (Å²) < 4.78 is 14.3. The third kappa shape index (κ3) is 5.52. The summed E-state index contributed by atoms with van der Waals surface area (Å²) in [6.45, 7) is 5.86. The van der Waals surface area contributed by atoms with Gasteiger partial charge in [-0.1, -0.05) is 47.6 Å². The molecule has 0 unspecified atom stereocenters. The van der Waals surface area contributed by atoms with Crippen LogP contribution in [0.5, 0.6) is 11.5 Å². The van der Waals surface area contributed by atoms with Gasteiger partial charge in [0.2, 0.25) is 0 Å². The van der Waals surface area contributed by atoms with E-state index >= 15 is 0 Å². The van der Waals surface area contributed by atoms with E-state index in [1.807, 2.05) is 48.5 Å². The van der Waals surface area contributed by atoms with E-state index < -0.39 is 0 Å². The molecule has 0 spiro atoms. The van der Waals surface area contributed by atoms with Crippen molar-refractivity contribution in [2.24, 2.45) is 5.92 Å². The van der Waals surface area contributed by atoms with Crippen molar-refractivity contribution in [2.45, 2.75) is 25.5 Å². The maximum Gasteiger partial charge on any atom is 0.191 e. The summed E-state index contributed by atoms with van der Waals surface area (Å²) in [6, 6.07) is 15.8. The number of benzene rings is 2. The van der Waals surface area contributed by atoms with Crippen LogP contribution in [0.25, 0.3) is 11.4 Å². The van der Waals surface area contributed by atoms with Crippen molar-refractivity contribution in [1.29, 1.82) is 0 Å². The second kappa shape index (κ2) is 9.98.